The largest absolute Gasteiger partial charge is 0.507 e. The van der Waals surface area contributed by atoms with Crippen molar-refractivity contribution in [2.24, 2.45) is 0 Å². The number of thiazole rings is 1. The Morgan fingerprint density at radius 3 is 2.36 bits per heavy atom. The van der Waals surface area contributed by atoms with Crippen LogP contribution in [0.25, 0.3) is 5.76 Å². The Balaban J connectivity index is 1.58. The molecule has 1 N–H and O–H groups in total. The van der Waals surface area contributed by atoms with Crippen molar-refractivity contribution in [3.63, 3.8) is 0 Å². The zero-order chi connectivity index (χ0) is 30.0. The zero-order valence-corrected chi connectivity index (χ0v) is 24.5. The Labute approximate surface area is 247 Å². The van der Waals surface area contributed by atoms with E-state index in [9.17, 15) is 19.5 Å². The summed E-state index contributed by atoms with van der Waals surface area (Å²) in [5.41, 5.74) is 4.12. The van der Waals surface area contributed by atoms with Gasteiger partial charge in [0, 0.05) is 5.56 Å². The van der Waals surface area contributed by atoms with Gasteiger partial charge in [-0.25, -0.2) is 9.78 Å². The molecule has 2 heterocycles. The molecule has 0 spiro atoms. The first-order chi connectivity index (χ1) is 20.2. The SMILES string of the molecule is CCc1ccc([C@H]2/C(=C(\O)c3ccc(OCc4ccccc4)cc3C)C(=O)C(=O)N2c2nc(C)c(C(=O)OC)s2)cc1. The Morgan fingerprint density at radius 2 is 1.71 bits per heavy atom. The molecule has 0 bridgehead atoms. The molecule has 4 aromatic rings. The van der Waals surface area contributed by atoms with E-state index in [2.05, 4.69) is 4.98 Å². The number of hydrogen-bond acceptors (Lipinski definition) is 8. The van der Waals surface area contributed by atoms with E-state index in [1.807, 2.05) is 61.5 Å². The number of aliphatic hydroxyl groups excluding tert-OH is 1. The third-order valence-corrected chi connectivity index (χ3v) is 8.35. The summed E-state index contributed by atoms with van der Waals surface area (Å²) < 4.78 is 10.8. The molecule has 1 amide bonds. The number of carbonyl (C=O) groups excluding carboxylic acids is 3. The number of esters is 1. The van der Waals surface area contributed by atoms with Crippen LogP contribution in [0, 0.1) is 13.8 Å². The summed E-state index contributed by atoms with van der Waals surface area (Å²) in [4.78, 5) is 45.4. The molecule has 1 saturated heterocycles. The summed E-state index contributed by atoms with van der Waals surface area (Å²) >= 11 is 0.966. The fourth-order valence-corrected chi connectivity index (χ4v) is 5.94. The molecule has 42 heavy (non-hydrogen) atoms. The summed E-state index contributed by atoms with van der Waals surface area (Å²) in [6.45, 7) is 5.85. The van der Waals surface area contributed by atoms with Gasteiger partial charge >= 0.3 is 11.9 Å². The molecule has 1 aliphatic rings. The number of methoxy groups -OCH3 is 1. The molecule has 0 saturated carbocycles. The second-order valence-corrected chi connectivity index (χ2v) is 10.9. The number of anilines is 1. The van der Waals surface area contributed by atoms with Gasteiger partial charge in [0.1, 0.15) is 23.0 Å². The molecule has 214 valence electrons. The van der Waals surface area contributed by atoms with Crippen molar-refractivity contribution in [1.82, 2.24) is 4.98 Å². The molecule has 3 aromatic carbocycles. The van der Waals surface area contributed by atoms with Gasteiger partial charge in [-0.15, -0.1) is 0 Å². The predicted octanol–water partition coefficient (Wildman–Crippen LogP) is 6.31. The highest BCUT2D eigenvalue weighted by Crippen LogP contribution is 2.44. The second-order valence-electron chi connectivity index (χ2n) is 9.92. The maximum Gasteiger partial charge on any atom is 0.350 e. The highest BCUT2D eigenvalue weighted by Gasteiger charge is 2.48. The van der Waals surface area contributed by atoms with Crippen molar-refractivity contribution >= 4 is 39.9 Å². The van der Waals surface area contributed by atoms with Crippen LogP contribution >= 0.6 is 11.3 Å². The van der Waals surface area contributed by atoms with Crippen LogP contribution in [-0.4, -0.2) is 34.9 Å². The first-order valence-electron chi connectivity index (χ1n) is 13.5. The third kappa shape index (κ3) is 5.43. The predicted molar refractivity (Wildman–Crippen MR) is 161 cm³/mol. The van der Waals surface area contributed by atoms with E-state index in [1.54, 1.807) is 32.0 Å². The maximum atomic E-state index is 13.6. The normalized spacial score (nSPS) is 16.1. The van der Waals surface area contributed by atoms with Crippen LogP contribution in [-0.2, 0) is 27.4 Å². The van der Waals surface area contributed by atoms with E-state index < -0.39 is 23.7 Å². The lowest BCUT2D eigenvalue weighted by Gasteiger charge is -2.23. The first-order valence-corrected chi connectivity index (χ1v) is 14.3. The number of benzene rings is 3. The van der Waals surface area contributed by atoms with E-state index in [0.717, 1.165) is 28.9 Å². The second kappa shape index (κ2) is 12.0. The quantitative estimate of drug-likeness (QED) is 0.112. The fraction of sp³-hybridized carbons (Fsp3) is 0.212. The standard InChI is InChI=1S/C33H30N2O6S/c1-5-21-11-13-23(14-12-21)27-26(29(37)31(38)35(27)33-34-20(3)30(42-33)32(39)40-4)28(36)25-16-15-24(17-19(25)2)41-18-22-9-7-6-8-10-22/h6-17,27,36H,5,18H2,1-4H3/b28-26+/t27-/m0/s1. The summed E-state index contributed by atoms with van der Waals surface area (Å²) in [6, 6.07) is 21.5. The van der Waals surface area contributed by atoms with Crippen LogP contribution < -0.4 is 9.64 Å². The molecule has 0 aliphatic carbocycles. The number of ketones is 1. The Bertz CT molecular complexity index is 1690. The number of hydrogen-bond donors (Lipinski definition) is 1. The Morgan fingerprint density at radius 1 is 1.00 bits per heavy atom. The average molecular weight is 583 g/mol. The number of rotatable bonds is 8. The Kier molecular flexibility index (Phi) is 8.22. The van der Waals surface area contributed by atoms with Crippen molar-refractivity contribution in [2.75, 3.05) is 12.0 Å². The molecule has 1 fully saturated rings. The van der Waals surface area contributed by atoms with Crippen LogP contribution in [0.3, 0.4) is 0 Å². The van der Waals surface area contributed by atoms with Gasteiger partial charge in [-0.1, -0.05) is 72.9 Å². The molecular weight excluding hydrogens is 552 g/mol. The Hall–Kier alpha value is -4.76. The van der Waals surface area contributed by atoms with Crippen molar-refractivity contribution < 1.29 is 29.0 Å². The molecule has 0 unspecified atom stereocenters. The lowest BCUT2D eigenvalue weighted by atomic mass is 9.93. The minimum absolute atomic E-state index is 0.0576. The summed E-state index contributed by atoms with van der Waals surface area (Å²) in [6.07, 6.45) is 0.812. The highest BCUT2D eigenvalue weighted by molar-refractivity contribution is 7.17. The van der Waals surface area contributed by atoms with Gasteiger partial charge in [-0.2, -0.15) is 0 Å². The number of aryl methyl sites for hydroxylation is 3. The van der Waals surface area contributed by atoms with Crippen LogP contribution in [0.15, 0.2) is 78.4 Å². The number of amides is 1. The summed E-state index contributed by atoms with van der Waals surface area (Å²) in [5, 5.41) is 11.8. The monoisotopic (exact) mass is 582 g/mol. The molecule has 5 rings (SSSR count). The van der Waals surface area contributed by atoms with Crippen LogP contribution in [0.1, 0.15) is 56.1 Å². The summed E-state index contributed by atoms with van der Waals surface area (Å²) in [5.74, 6) is -1.95. The number of ether oxygens (including phenoxy) is 2. The van der Waals surface area contributed by atoms with Gasteiger partial charge in [-0.3, -0.25) is 14.5 Å². The lowest BCUT2D eigenvalue weighted by Crippen LogP contribution is -2.29. The van der Waals surface area contributed by atoms with Gasteiger partial charge in [0.2, 0.25) is 0 Å². The van der Waals surface area contributed by atoms with Crippen molar-refractivity contribution in [1.29, 1.82) is 0 Å². The maximum absolute atomic E-state index is 13.6. The zero-order valence-electron chi connectivity index (χ0n) is 23.7. The van der Waals surface area contributed by atoms with E-state index in [0.29, 0.717) is 34.7 Å². The molecule has 1 aliphatic heterocycles. The van der Waals surface area contributed by atoms with Crippen molar-refractivity contribution in [3.8, 4) is 5.75 Å². The van der Waals surface area contributed by atoms with Gasteiger partial charge < -0.3 is 14.6 Å². The molecule has 9 heteroatoms. The van der Waals surface area contributed by atoms with Gasteiger partial charge in [-0.05, 0) is 60.7 Å². The van der Waals surface area contributed by atoms with Crippen molar-refractivity contribution in [2.45, 2.75) is 39.8 Å². The topological polar surface area (TPSA) is 106 Å². The number of aromatic nitrogens is 1. The molecule has 1 atom stereocenters. The number of nitrogens with zero attached hydrogens (tertiary/aromatic N) is 2. The average Bonchev–Trinajstić information content (AvgIpc) is 3.52. The minimum Gasteiger partial charge on any atom is -0.507 e. The van der Waals surface area contributed by atoms with Crippen molar-refractivity contribution in [3.05, 3.63) is 117 Å². The molecule has 0 radical (unpaired) electrons. The first kappa shape index (κ1) is 28.8. The van der Waals surface area contributed by atoms with E-state index in [1.165, 1.54) is 12.0 Å². The van der Waals surface area contributed by atoms with Gasteiger partial charge in [0.15, 0.2) is 5.13 Å². The van der Waals surface area contributed by atoms with Crippen LogP contribution in [0.4, 0.5) is 5.13 Å². The third-order valence-electron chi connectivity index (χ3n) is 7.21. The minimum atomic E-state index is -0.958. The molecular formula is C33H30N2O6S. The number of aliphatic hydroxyl groups is 1. The van der Waals surface area contributed by atoms with E-state index in [4.69, 9.17) is 9.47 Å². The number of Topliss-reactive ketones (excluding diaryl/α,β-unsaturated/α-hetero) is 1. The van der Waals surface area contributed by atoms with Crippen LogP contribution in [0.2, 0.25) is 0 Å². The lowest BCUT2D eigenvalue weighted by molar-refractivity contribution is -0.132. The molecule has 8 nitrogen and oxygen atoms in total. The smallest absolute Gasteiger partial charge is 0.350 e. The summed E-state index contributed by atoms with van der Waals surface area (Å²) in [7, 11) is 1.27. The van der Waals surface area contributed by atoms with Crippen LogP contribution in [0.5, 0.6) is 5.75 Å². The van der Waals surface area contributed by atoms with E-state index in [-0.39, 0.29) is 21.3 Å². The van der Waals surface area contributed by atoms with E-state index >= 15 is 0 Å². The highest BCUT2D eigenvalue weighted by atomic mass is 32.1. The van der Waals surface area contributed by atoms with Gasteiger partial charge in [0.05, 0.1) is 24.4 Å². The fourth-order valence-electron chi connectivity index (χ4n) is 4.93. The molecule has 1 aromatic heterocycles. The number of carbonyl (C=O) groups is 3. The van der Waals surface area contributed by atoms with Gasteiger partial charge in [0.25, 0.3) is 5.78 Å².